The molecular weight excluding hydrogens is 414 g/mol. The number of aromatic nitrogens is 2. The largest absolute Gasteiger partial charge is 0.494 e. The van der Waals surface area contributed by atoms with Crippen molar-refractivity contribution in [1.29, 1.82) is 0 Å². The summed E-state index contributed by atoms with van der Waals surface area (Å²) >= 11 is 0. The number of rotatable bonds is 7. The van der Waals surface area contributed by atoms with Crippen molar-refractivity contribution in [3.05, 3.63) is 53.9 Å². The predicted octanol–water partition coefficient (Wildman–Crippen LogP) is 3.46. The average molecular weight is 444 g/mol. The van der Waals surface area contributed by atoms with E-state index >= 15 is 0 Å². The molecule has 1 N–H and O–H groups in total. The van der Waals surface area contributed by atoms with Gasteiger partial charge in [-0.25, -0.2) is 9.97 Å². The summed E-state index contributed by atoms with van der Waals surface area (Å²) in [6, 6.07) is 11.5. The number of terminal acetylenes is 1. The molecule has 1 saturated heterocycles. The first-order chi connectivity index (χ1) is 16.1. The molecule has 0 bridgehead atoms. The molecule has 1 aromatic heterocycles. The monoisotopic (exact) mass is 443 g/mol. The molecular formula is C26H29N5O2. The smallest absolute Gasteiger partial charge is 0.227 e. The molecule has 3 aromatic rings. The lowest BCUT2D eigenvalue weighted by Crippen LogP contribution is -2.48. The van der Waals surface area contributed by atoms with Gasteiger partial charge in [-0.05, 0) is 37.7 Å². The SMILES string of the molecule is C#Cc1cccc(Nc2ncnc3cc(OCC)c(CC(=O)N4CCN(CC)CC4)cc23)c1. The summed E-state index contributed by atoms with van der Waals surface area (Å²) in [6.07, 6.45) is 7.33. The maximum Gasteiger partial charge on any atom is 0.227 e. The van der Waals surface area contributed by atoms with Crippen LogP contribution in [-0.2, 0) is 11.2 Å². The lowest BCUT2D eigenvalue weighted by molar-refractivity contribution is -0.132. The number of amides is 1. The number of hydrogen-bond acceptors (Lipinski definition) is 6. The van der Waals surface area contributed by atoms with Crippen LogP contribution >= 0.6 is 0 Å². The molecule has 2 heterocycles. The predicted molar refractivity (Wildman–Crippen MR) is 131 cm³/mol. The van der Waals surface area contributed by atoms with E-state index in [2.05, 4.69) is 33.0 Å². The summed E-state index contributed by atoms with van der Waals surface area (Å²) in [5, 5.41) is 4.16. The Bertz CT molecular complexity index is 1180. The second-order valence-electron chi connectivity index (χ2n) is 7.97. The molecule has 0 atom stereocenters. The van der Waals surface area contributed by atoms with E-state index in [0.717, 1.165) is 60.4 Å². The van der Waals surface area contributed by atoms with Gasteiger partial charge in [0.15, 0.2) is 0 Å². The van der Waals surface area contributed by atoms with Crippen LogP contribution in [0.3, 0.4) is 0 Å². The van der Waals surface area contributed by atoms with E-state index in [-0.39, 0.29) is 12.3 Å². The quantitative estimate of drug-likeness (QED) is 0.564. The number of carbonyl (C=O) groups excluding carboxylic acids is 1. The van der Waals surface area contributed by atoms with Crippen molar-refractivity contribution in [2.24, 2.45) is 0 Å². The first-order valence-corrected chi connectivity index (χ1v) is 11.4. The van der Waals surface area contributed by atoms with Crippen molar-refractivity contribution in [3.8, 4) is 18.1 Å². The summed E-state index contributed by atoms with van der Waals surface area (Å²) in [7, 11) is 0. The number of ether oxygens (including phenoxy) is 1. The molecule has 0 spiro atoms. The van der Waals surface area contributed by atoms with Crippen LogP contribution in [0.4, 0.5) is 11.5 Å². The van der Waals surface area contributed by atoms with E-state index in [1.165, 1.54) is 6.33 Å². The van der Waals surface area contributed by atoms with Crippen molar-refractivity contribution >= 4 is 28.3 Å². The van der Waals surface area contributed by atoms with E-state index in [1.54, 1.807) is 0 Å². The van der Waals surface area contributed by atoms with Gasteiger partial charge in [0.1, 0.15) is 17.9 Å². The highest BCUT2D eigenvalue weighted by Gasteiger charge is 2.22. The zero-order valence-electron chi connectivity index (χ0n) is 19.2. The number of likely N-dealkylation sites (N-methyl/N-ethyl adjacent to an activating group) is 1. The first kappa shape index (κ1) is 22.6. The molecule has 7 heteroatoms. The number of carbonyl (C=O) groups is 1. The summed E-state index contributed by atoms with van der Waals surface area (Å²) in [4.78, 5) is 26.3. The Morgan fingerprint density at radius 3 is 2.70 bits per heavy atom. The minimum absolute atomic E-state index is 0.110. The molecule has 0 radical (unpaired) electrons. The summed E-state index contributed by atoms with van der Waals surface area (Å²) in [6.45, 7) is 8.95. The van der Waals surface area contributed by atoms with E-state index in [4.69, 9.17) is 11.2 Å². The van der Waals surface area contributed by atoms with E-state index in [0.29, 0.717) is 18.2 Å². The molecule has 0 aliphatic carbocycles. The Balaban J connectivity index is 1.63. The Labute approximate surface area is 194 Å². The number of hydrogen-bond donors (Lipinski definition) is 1. The highest BCUT2D eigenvalue weighted by atomic mass is 16.5. The Kier molecular flexibility index (Phi) is 7.06. The molecule has 1 amide bonds. The molecule has 1 aliphatic heterocycles. The Hall–Kier alpha value is -3.63. The zero-order valence-corrected chi connectivity index (χ0v) is 19.2. The maximum absolute atomic E-state index is 13.1. The van der Waals surface area contributed by atoms with E-state index in [1.807, 2.05) is 48.2 Å². The van der Waals surface area contributed by atoms with Crippen LogP contribution in [0.5, 0.6) is 5.75 Å². The van der Waals surface area contributed by atoms with Crippen LogP contribution in [0, 0.1) is 12.3 Å². The van der Waals surface area contributed by atoms with E-state index in [9.17, 15) is 4.79 Å². The first-order valence-electron chi connectivity index (χ1n) is 11.4. The Morgan fingerprint density at radius 2 is 1.97 bits per heavy atom. The van der Waals surface area contributed by atoms with Crippen molar-refractivity contribution in [2.45, 2.75) is 20.3 Å². The highest BCUT2D eigenvalue weighted by molar-refractivity contribution is 5.93. The van der Waals surface area contributed by atoms with E-state index < -0.39 is 0 Å². The van der Waals surface area contributed by atoms with Crippen molar-refractivity contribution < 1.29 is 9.53 Å². The number of piperazine rings is 1. The van der Waals surface area contributed by atoms with Gasteiger partial charge in [-0.1, -0.05) is 18.9 Å². The number of fused-ring (bicyclic) bond motifs is 1. The fourth-order valence-electron chi connectivity index (χ4n) is 4.07. The molecule has 1 fully saturated rings. The molecule has 0 unspecified atom stereocenters. The second kappa shape index (κ2) is 10.3. The topological polar surface area (TPSA) is 70.6 Å². The van der Waals surface area contributed by atoms with Gasteiger partial charge in [-0.3, -0.25) is 4.79 Å². The van der Waals surface area contributed by atoms with Crippen LogP contribution in [0.25, 0.3) is 10.9 Å². The molecule has 4 rings (SSSR count). The van der Waals surface area contributed by atoms with Crippen molar-refractivity contribution in [3.63, 3.8) is 0 Å². The van der Waals surface area contributed by atoms with Crippen LogP contribution < -0.4 is 10.1 Å². The van der Waals surface area contributed by atoms with Crippen LogP contribution in [-0.4, -0.2) is 65.0 Å². The average Bonchev–Trinajstić information content (AvgIpc) is 2.85. The standard InChI is InChI=1S/C26H29N5O2/c1-4-19-8-7-9-21(14-19)29-26-22-15-20(24(33-6-3)17-23(22)27-18-28-26)16-25(32)31-12-10-30(5-2)11-13-31/h1,7-9,14-15,17-18H,5-6,10-13,16H2,2-3H3,(H,27,28,29). The van der Waals surface area contributed by atoms with Crippen LogP contribution in [0.2, 0.25) is 0 Å². The van der Waals surface area contributed by atoms with Gasteiger partial charge < -0.3 is 19.9 Å². The number of nitrogens with zero attached hydrogens (tertiary/aromatic N) is 4. The molecule has 1 aliphatic rings. The lowest BCUT2D eigenvalue weighted by Gasteiger charge is -2.34. The van der Waals surface area contributed by atoms with Gasteiger partial charge in [-0.2, -0.15) is 0 Å². The summed E-state index contributed by atoms with van der Waals surface area (Å²) < 4.78 is 5.87. The van der Waals surface area contributed by atoms with Gasteiger partial charge in [-0.15, -0.1) is 6.42 Å². The molecule has 33 heavy (non-hydrogen) atoms. The summed E-state index contributed by atoms with van der Waals surface area (Å²) in [5.74, 6) is 4.10. The normalized spacial score (nSPS) is 14.2. The van der Waals surface area contributed by atoms with Crippen molar-refractivity contribution in [2.75, 3.05) is 44.6 Å². The zero-order chi connectivity index (χ0) is 23.2. The van der Waals surface area contributed by atoms with Gasteiger partial charge in [0.2, 0.25) is 5.91 Å². The number of anilines is 2. The fourth-order valence-corrected chi connectivity index (χ4v) is 4.07. The molecule has 2 aromatic carbocycles. The van der Waals surface area contributed by atoms with Gasteiger partial charge in [0, 0.05) is 54.4 Å². The third kappa shape index (κ3) is 5.24. The fraction of sp³-hybridized carbons (Fsp3) is 0.346. The van der Waals surface area contributed by atoms with Crippen LogP contribution in [0.1, 0.15) is 25.0 Å². The number of benzene rings is 2. The molecule has 7 nitrogen and oxygen atoms in total. The highest BCUT2D eigenvalue weighted by Crippen LogP contribution is 2.31. The van der Waals surface area contributed by atoms with Crippen LogP contribution in [0.15, 0.2) is 42.7 Å². The van der Waals surface area contributed by atoms with Gasteiger partial charge in [0.25, 0.3) is 0 Å². The summed E-state index contributed by atoms with van der Waals surface area (Å²) in [5.41, 5.74) is 3.21. The maximum atomic E-state index is 13.1. The van der Waals surface area contributed by atoms with Crippen molar-refractivity contribution in [1.82, 2.24) is 19.8 Å². The third-order valence-corrected chi connectivity index (χ3v) is 5.92. The molecule has 0 saturated carbocycles. The lowest BCUT2D eigenvalue weighted by atomic mass is 10.1. The second-order valence-corrected chi connectivity index (χ2v) is 7.97. The van der Waals surface area contributed by atoms with Gasteiger partial charge >= 0.3 is 0 Å². The Morgan fingerprint density at radius 1 is 1.15 bits per heavy atom. The van der Waals surface area contributed by atoms with Gasteiger partial charge in [0.05, 0.1) is 18.5 Å². The minimum Gasteiger partial charge on any atom is -0.494 e. The third-order valence-electron chi connectivity index (χ3n) is 5.92. The molecule has 170 valence electrons. The minimum atomic E-state index is 0.110. The number of nitrogens with one attached hydrogen (secondary N) is 1.